The van der Waals surface area contributed by atoms with Crippen LogP contribution < -0.4 is 5.32 Å². The van der Waals surface area contributed by atoms with Crippen LogP contribution in [0.5, 0.6) is 0 Å². The predicted molar refractivity (Wildman–Crippen MR) is 83.1 cm³/mol. The molecule has 0 aliphatic rings. The number of pyridine rings is 1. The normalized spacial score (nSPS) is 12.3. The first kappa shape index (κ1) is 14.2. The Bertz CT molecular complexity index is 482. The summed E-state index contributed by atoms with van der Waals surface area (Å²) in [7, 11) is 0. The number of nitrogens with one attached hydrogen (secondary N) is 1. The second kappa shape index (κ2) is 7.41. The third-order valence-electron chi connectivity index (χ3n) is 3.13. The number of hydrogen-bond donors (Lipinski definition) is 1. The summed E-state index contributed by atoms with van der Waals surface area (Å²) in [5.74, 6) is 0. The summed E-state index contributed by atoms with van der Waals surface area (Å²) in [6.45, 7) is 3.13. The van der Waals surface area contributed by atoms with Gasteiger partial charge >= 0.3 is 0 Å². The highest BCUT2D eigenvalue weighted by Gasteiger charge is 2.10. The maximum Gasteiger partial charge on any atom is 0.0413 e. The van der Waals surface area contributed by atoms with Gasteiger partial charge in [-0.1, -0.05) is 37.3 Å². The van der Waals surface area contributed by atoms with Gasteiger partial charge in [-0.25, -0.2) is 0 Å². The Morgan fingerprint density at radius 2 is 1.95 bits per heavy atom. The standard InChI is InChI=1S/C16H19BrN2/c1-2-18-16(13-6-4-3-5-7-13)11-10-15-9-8-14(17)12-19-15/h3-9,12,16,18H,2,10-11H2,1H3. The first-order chi connectivity index (χ1) is 9.29. The van der Waals surface area contributed by atoms with Gasteiger partial charge in [-0.2, -0.15) is 0 Å². The average molecular weight is 319 g/mol. The number of aromatic nitrogens is 1. The van der Waals surface area contributed by atoms with Crippen molar-refractivity contribution < 1.29 is 0 Å². The lowest BCUT2D eigenvalue weighted by atomic mass is 10.0. The second-order valence-corrected chi connectivity index (χ2v) is 5.44. The van der Waals surface area contributed by atoms with Gasteiger partial charge in [0, 0.05) is 22.4 Å². The average Bonchev–Trinajstić information content (AvgIpc) is 2.46. The van der Waals surface area contributed by atoms with Crippen molar-refractivity contribution in [3.63, 3.8) is 0 Å². The predicted octanol–water partition coefficient (Wildman–Crippen LogP) is 4.13. The molecule has 0 fully saturated rings. The highest BCUT2D eigenvalue weighted by Crippen LogP contribution is 2.19. The number of aryl methyl sites for hydroxylation is 1. The molecule has 1 N–H and O–H groups in total. The van der Waals surface area contributed by atoms with Crippen LogP contribution in [-0.4, -0.2) is 11.5 Å². The Morgan fingerprint density at radius 1 is 1.16 bits per heavy atom. The Labute approximate surface area is 123 Å². The van der Waals surface area contributed by atoms with Gasteiger partial charge in [0.05, 0.1) is 0 Å². The zero-order chi connectivity index (χ0) is 13.5. The molecule has 1 heterocycles. The fourth-order valence-corrected chi connectivity index (χ4v) is 2.40. The van der Waals surface area contributed by atoms with Crippen LogP contribution in [0.2, 0.25) is 0 Å². The zero-order valence-corrected chi connectivity index (χ0v) is 12.7. The molecular weight excluding hydrogens is 300 g/mol. The largest absolute Gasteiger partial charge is 0.310 e. The van der Waals surface area contributed by atoms with E-state index >= 15 is 0 Å². The van der Waals surface area contributed by atoms with E-state index in [2.05, 4.69) is 69.6 Å². The molecule has 1 aromatic heterocycles. The first-order valence-electron chi connectivity index (χ1n) is 6.68. The van der Waals surface area contributed by atoms with Crippen molar-refractivity contribution in [3.8, 4) is 0 Å². The van der Waals surface area contributed by atoms with E-state index in [0.29, 0.717) is 6.04 Å². The monoisotopic (exact) mass is 318 g/mol. The third kappa shape index (κ3) is 4.44. The minimum atomic E-state index is 0.400. The summed E-state index contributed by atoms with van der Waals surface area (Å²) >= 11 is 3.41. The molecule has 2 aromatic rings. The Hall–Kier alpha value is -1.19. The van der Waals surface area contributed by atoms with Crippen LogP contribution in [-0.2, 0) is 6.42 Å². The minimum Gasteiger partial charge on any atom is -0.310 e. The Morgan fingerprint density at radius 3 is 2.58 bits per heavy atom. The topological polar surface area (TPSA) is 24.9 Å². The van der Waals surface area contributed by atoms with E-state index < -0.39 is 0 Å². The van der Waals surface area contributed by atoms with Crippen molar-refractivity contribution in [1.29, 1.82) is 0 Å². The van der Waals surface area contributed by atoms with Gasteiger partial charge < -0.3 is 5.32 Å². The quantitative estimate of drug-likeness (QED) is 0.866. The summed E-state index contributed by atoms with van der Waals surface area (Å²) in [5, 5.41) is 3.54. The van der Waals surface area contributed by atoms with Crippen molar-refractivity contribution >= 4 is 15.9 Å². The molecule has 0 aliphatic carbocycles. The molecule has 0 radical (unpaired) electrons. The molecule has 2 rings (SSSR count). The molecule has 2 nitrogen and oxygen atoms in total. The fraction of sp³-hybridized carbons (Fsp3) is 0.312. The van der Waals surface area contributed by atoms with Gasteiger partial charge in [-0.15, -0.1) is 0 Å². The van der Waals surface area contributed by atoms with Gasteiger partial charge in [0.2, 0.25) is 0 Å². The SMILES string of the molecule is CCNC(CCc1ccc(Br)cn1)c1ccccc1. The van der Waals surface area contributed by atoms with Gasteiger partial charge in [0.25, 0.3) is 0 Å². The molecule has 0 spiro atoms. The van der Waals surface area contributed by atoms with Crippen LogP contribution in [0, 0.1) is 0 Å². The molecule has 1 aromatic carbocycles. The van der Waals surface area contributed by atoms with Crippen LogP contribution in [0.3, 0.4) is 0 Å². The van der Waals surface area contributed by atoms with Crippen LogP contribution in [0.25, 0.3) is 0 Å². The molecular formula is C16H19BrN2. The molecule has 1 unspecified atom stereocenters. The van der Waals surface area contributed by atoms with Gasteiger partial charge in [-0.3, -0.25) is 4.98 Å². The molecule has 0 saturated carbocycles. The van der Waals surface area contributed by atoms with E-state index in [1.807, 2.05) is 12.3 Å². The van der Waals surface area contributed by atoms with E-state index in [0.717, 1.165) is 29.6 Å². The Kier molecular flexibility index (Phi) is 5.55. The first-order valence-corrected chi connectivity index (χ1v) is 7.47. The van der Waals surface area contributed by atoms with Crippen molar-refractivity contribution in [2.75, 3.05) is 6.54 Å². The van der Waals surface area contributed by atoms with E-state index in [4.69, 9.17) is 0 Å². The minimum absolute atomic E-state index is 0.400. The number of benzene rings is 1. The van der Waals surface area contributed by atoms with Crippen molar-refractivity contribution in [3.05, 3.63) is 64.4 Å². The zero-order valence-electron chi connectivity index (χ0n) is 11.1. The highest BCUT2D eigenvalue weighted by molar-refractivity contribution is 9.10. The highest BCUT2D eigenvalue weighted by atomic mass is 79.9. The molecule has 1 atom stereocenters. The summed E-state index contributed by atoms with van der Waals surface area (Å²) in [4.78, 5) is 4.43. The molecule has 0 saturated heterocycles. The maximum atomic E-state index is 4.43. The molecule has 100 valence electrons. The van der Waals surface area contributed by atoms with Crippen molar-refractivity contribution in [1.82, 2.24) is 10.3 Å². The van der Waals surface area contributed by atoms with Crippen LogP contribution in [0.1, 0.15) is 30.6 Å². The third-order valence-corrected chi connectivity index (χ3v) is 3.60. The summed E-state index contributed by atoms with van der Waals surface area (Å²) in [6, 6.07) is 15.1. The molecule has 19 heavy (non-hydrogen) atoms. The van der Waals surface area contributed by atoms with E-state index in [9.17, 15) is 0 Å². The van der Waals surface area contributed by atoms with Crippen LogP contribution in [0.15, 0.2) is 53.1 Å². The number of hydrogen-bond acceptors (Lipinski definition) is 2. The van der Waals surface area contributed by atoms with E-state index in [-0.39, 0.29) is 0 Å². The summed E-state index contributed by atoms with van der Waals surface area (Å²) in [5.41, 5.74) is 2.49. The molecule has 0 bridgehead atoms. The van der Waals surface area contributed by atoms with Gasteiger partial charge in [0.1, 0.15) is 0 Å². The van der Waals surface area contributed by atoms with Gasteiger partial charge in [-0.05, 0) is 53.0 Å². The van der Waals surface area contributed by atoms with E-state index in [1.54, 1.807) is 0 Å². The lowest BCUT2D eigenvalue weighted by Gasteiger charge is -2.18. The van der Waals surface area contributed by atoms with Crippen molar-refractivity contribution in [2.24, 2.45) is 0 Å². The molecule has 0 aliphatic heterocycles. The number of rotatable bonds is 6. The number of nitrogens with zero attached hydrogens (tertiary/aromatic N) is 1. The molecule has 3 heteroatoms. The van der Waals surface area contributed by atoms with Crippen LogP contribution >= 0.6 is 15.9 Å². The fourth-order valence-electron chi connectivity index (χ4n) is 2.16. The smallest absolute Gasteiger partial charge is 0.0413 e. The maximum absolute atomic E-state index is 4.43. The Balaban J connectivity index is 1.99. The molecule has 0 amide bonds. The summed E-state index contributed by atoms with van der Waals surface area (Å²) < 4.78 is 1.03. The van der Waals surface area contributed by atoms with E-state index in [1.165, 1.54) is 5.56 Å². The summed E-state index contributed by atoms with van der Waals surface area (Å²) in [6.07, 6.45) is 3.91. The second-order valence-electron chi connectivity index (χ2n) is 4.53. The number of halogens is 1. The van der Waals surface area contributed by atoms with Crippen LogP contribution in [0.4, 0.5) is 0 Å². The van der Waals surface area contributed by atoms with Gasteiger partial charge in [0.15, 0.2) is 0 Å². The lowest BCUT2D eigenvalue weighted by molar-refractivity contribution is 0.513. The van der Waals surface area contributed by atoms with Crippen molar-refractivity contribution in [2.45, 2.75) is 25.8 Å². The lowest BCUT2D eigenvalue weighted by Crippen LogP contribution is -2.21.